The summed E-state index contributed by atoms with van der Waals surface area (Å²) in [4.78, 5) is 36.6. The first-order valence-electron chi connectivity index (χ1n) is 13.3. The van der Waals surface area contributed by atoms with E-state index in [4.69, 9.17) is 0 Å². The molecular weight excluding hydrogens is 584 g/mol. The molecule has 5 rings (SSSR count). The van der Waals surface area contributed by atoms with E-state index in [1.165, 1.54) is 54.7 Å². The fraction of sp³-hybridized carbons (Fsp3) is 0.0645. The summed E-state index contributed by atoms with van der Waals surface area (Å²) in [6.07, 6.45) is 3.12. The maximum atomic E-state index is 13.3. The second-order valence-corrected chi connectivity index (χ2v) is 11.3. The first-order valence-corrected chi connectivity index (χ1v) is 14.8. The number of hydrogen-bond acceptors (Lipinski definition) is 7. The Morgan fingerprint density at radius 2 is 1.48 bits per heavy atom. The minimum absolute atomic E-state index is 0.0322. The summed E-state index contributed by atoms with van der Waals surface area (Å²) < 4.78 is 30.0. The van der Waals surface area contributed by atoms with Gasteiger partial charge in [0.25, 0.3) is 21.6 Å². The summed E-state index contributed by atoms with van der Waals surface area (Å²) >= 11 is 0. The third kappa shape index (κ3) is 7.33. The molecule has 0 aliphatic carbocycles. The summed E-state index contributed by atoms with van der Waals surface area (Å²) in [5, 5.41) is 20.6. The fourth-order valence-electron chi connectivity index (χ4n) is 4.29. The average molecular weight is 611 g/mol. The Hall–Kier alpha value is -5.82. The van der Waals surface area contributed by atoms with E-state index in [1.54, 1.807) is 10.9 Å². The van der Waals surface area contributed by atoms with Crippen molar-refractivity contribution in [1.82, 2.24) is 15.1 Å². The molecule has 0 fully saturated rings. The fourth-order valence-corrected chi connectivity index (χ4v) is 5.32. The molecule has 1 atom stereocenters. The number of nitrogens with one attached hydrogen (secondary N) is 3. The molecule has 0 bridgehead atoms. The summed E-state index contributed by atoms with van der Waals surface area (Å²) in [6, 6.07) is 27.9. The molecule has 222 valence electrons. The van der Waals surface area contributed by atoms with Gasteiger partial charge in [-0.2, -0.15) is 5.10 Å². The normalized spacial score (nSPS) is 11.7. The lowest BCUT2D eigenvalue weighted by molar-refractivity contribution is -0.384. The first-order chi connectivity index (χ1) is 21.2. The first kappa shape index (κ1) is 29.7. The molecule has 0 aliphatic heterocycles. The van der Waals surface area contributed by atoms with Gasteiger partial charge < -0.3 is 10.6 Å². The number of aromatic nitrogens is 2. The van der Waals surface area contributed by atoms with Gasteiger partial charge in [0.05, 0.1) is 33.6 Å². The lowest BCUT2D eigenvalue weighted by Gasteiger charge is -2.19. The number of carbonyl (C=O) groups is 2. The minimum Gasteiger partial charge on any atom is -0.340 e. The molecule has 0 saturated heterocycles. The van der Waals surface area contributed by atoms with Crippen LogP contribution in [0.1, 0.15) is 15.9 Å². The topological polar surface area (TPSA) is 165 Å². The van der Waals surface area contributed by atoms with Crippen LogP contribution in [0.5, 0.6) is 0 Å². The summed E-state index contributed by atoms with van der Waals surface area (Å²) in [7, 11) is -3.95. The van der Waals surface area contributed by atoms with Crippen molar-refractivity contribution in [3.05, 3.63) is 143 Å². The molecule has 1 unspecified atom stereocenters. The lowest BCUT2D eigenvalue weighted by atomic mass is 10.0. The molecule has 0 saturated carbocycles. The quantitative estimate of drug-likeness (QED) is 0.146. The number of non-ortho nitro benzene ring substituents is 1. The maximum Gasteiger partial charge on any atom is 0.269 e. The zero-order valence-corrected chi connectivity index (χ0v) is 23.8. The van der Waals surface area contributed by atoms with Gasteiger partial charge in [0, 0.05) is 29.8 Å². The number of nitro benzene ring substituents is 1. The predicted molar refractivity (Wildman–Crippen MR) is 164 cm³/mol. The zero-order valence-electron chi connectivity index (χ0n) is 23.0. The van der Waals surface area contributed by atoms with Crippen molar-refractivity contribution < 1.29 is 22.9 Å². The number of nitro groups is 1. The molecule has 1 heterocycles. The van der Waals surface area contributed by atoms with Gasteiger partial charge in [-0.25, -0.2) is 13.1 Å². The highest BCUT2D eigenvalue weighted by atomic mass is 32.2. The molecular formula is C31H26N6O6S. The van der Waals surface area contributed by atoms with Crippen LogP contribution in [0.3, 0.4) is 0 Å². The SMILES string of the molecule is O=C(NC(Cc1ccccc1)C(=O)Nc1ccc(S(=O)(=O)Nc2cnn(-c3ccccc3)c2)cc1)c1ccc([N+](=O)[O-])cc1. The van der Waals surface area contributed by atoms with Crippen LogP contribution in [0.4, 0.5) is 17.1 Å². The van der Waals surface area contributed by atoms with Crippen LogP contribution in [0.2, 0.25) is 0 Å². The number of rotatable bonds is 11. The van der Waals surface area contributed by atoms with E-state index in [9.17, 15) is 28.1 Å². The van der Waals surface area contributed by atoms with Gasteiger partial charge >= 0.3 is 0 Å². The second-order valence-electron chi connectivity index (χ2n) is 9.65. The summed E-state index contributed by atoms with van der Waals surface area (Å²) in [6.45, 7) is 0. The third-order valence-corrected chi connectivity index (χ3v) is 7.93. The van der Waals surface area contributed by atoms with Gasteiger partial charge in [-0.15, -0.1) is 0 Å². The van der Waals surface area contributed by atoms with Gasteiger partial charge in [-0.1, -0.05) is 48.5 Å². The van der Waals surface area contributed by atoms with Gasteiger partial charge in [0.1, 0.15) is 6.04 Å². The van der Waals surface area contributed by atoms with Crippen molar-refractivity contribution in [1.29, 1.82) is 0 Å². The van der Waals surface area contributed by atoms with Gasteiger partial charge in [0.15, 0.2) is 0 Å². The molecule has 2 amide bonds. The Bertz CT molecular complexity index is 1880. The Kier molecular flexibility index (Phi) is 8.77. The Labute approximate surface area is 252 Å². The van der Waals surface area contributed by atoms with E-state index in [-0.39, 0.29) is 28.3 Å². The molecule has 0 spiro atoms. The van der Waals surface area contributed by atoms with Crippen LogP contribution in [0.25, 0.3) is 5.69 Å². The van der Waals surface area contributed by atoms with Crippen molar-refractivity contribution >= 4 is 38.9 Å². The Morgan fingerprint density at radius 3 is 2.11 bits per heavy atom. The number of hydrogen-bond donors (Lipinski definition) is 3. The number of amides is 2. The number of sulfonamides is 1. The molecule has 0 aliphatic rings. The minimum atomic E-state index is -3.95. The highest BCUT2D eigenvalue weighted by Crippen LogP contribution is 2.20. The molecule has 3 N–H and O–H groups in total. The second kappa shape index (κ2) is 13.0. The number of carbonyl (C=O) groups excluding carboxylic acids is 2. The highest BCUT2D eigenvalue weighted by Gasteiger charge is 2.23. The number of benzene rings is 4. The van der Waals surface area contributed by atoms with Crippen LogP contribution in [0.15, 0.2) is 126 Å². The van der Waals surface area contributed by atoms with Gasteiger partial charge in [0.2, 0.25) is 5.91 Å². The molecule has 5 aromatic rings. The van der Waals surface area contributed by atoms with Gasteiger partial charge in [-0.3, -0.25) is 24.4 Å². The third-order valence-electron chi connectivity index (χ3n) is 6.53. The number of nitrogens with zero attached hydrogens (tertiary/aromatic N) is 3. The number of anilines is 2. The monoisotopic (exact) mass is 610 g/mol. The Morgan fingerprint density at radius 1 is 0.841 bits per heavy atom. The maximum absolute atomic E-state index is 13.3. The standard InChI is InChI=1S/C31H26N6O6S/c38-30(23-11-15-27(16-12-23)37(40)41)34-29(19-22-7-3-1-4-8-22)31(39)33-24-13-17-28(18-14-24)44(42,43)35-25-20-32-36(21-25)26-9-5-2-6-10-26/h1-18,20-21,29,35H,19H2,(H,33,39)(H,34,38). The van der Waals surface area contributed by atoms with Crippen LogP contribution in [-0.2, 0) is 21.2 Å². The van der Waals surface area contributed by atoms with E-state index >= 15 is 0 Å². The highest BCUT2D eigenvalue weighted by molar-refractivity contribution is 7.92. The molecule has 1 aromatic heterocycles. The van der Waals surface area contributed by atoms with E-state index in [1.807, 2.05) is 60.7 Å². The van der Waals surface area contributed by atoms with Crippen molar-refractivity contribution in [2.24, 2.45) is 0 Å². The predicted octanol–water partition coefficient (Wildman–Crippen LogP) is 4.56. The van der Waals surface area contributed by atoms with E-state index < -0.39 is 32.8 Å². The van der Waals surface area contributed by atoms with Crippen LogP contribution in [0, 0.1) is 10.1 Å². The molecule has 4 aromatic carbocycles. The summed E-state index contributed by atoms with van der Waals surface area (Å²) in [5.41, 5.74) is 2.14. The van der Waals surface area contributed by atoms with Crippen LogP contribution >= 0.6 is 0 Å². The van der Waals surface area contributed by atoms with Crippen LogP contribution in [-0.4, -0.2) is 41.0 Å². The average Bonchev–Trinajstić information content (AvgIpc) is 3.49. The zero-order chi connectivity index (χ0) is 31.1. The smallest absolute Gasteiger partial charge is 0.269 e. The van der Waals surface area contributed by atoms with Crippen molar-refractivity contribution in [3.8, 4) is 5.69 Å². The van der Waals surface area contributed by atoms with E-state index in [0.29, 0.717) is 5.69 Å². The molecule has 0 radical (unpaired) electrons. The summed E-state index contributed by atoms with van der Waals surface area (Å²) in [5.74, 6) is -1.12. The van der Waals surface area contributed by atoms with E-state index in [0.717, 1.165) is 11.3 Å². The molecule has 12 nitrogen and oxygen atoms in total. The molecule has 44 heavy (non-hydrogen) atoms. The van der Waals surface area contributed by atoms with Crippen molar-refractivity contribution in [2.45, 2.75) is 17.4 Å². The van der Waals surface area contributed by atoms with Crippen molar-refractivity contribution in [3.63, 3.8) is 0 Å². The van der Waals surface area contributed by atoms with E-state index in [2.05, 4.69) is 20.5 Å². The Balaban J connectivity index is 1.27. The van der Waals surface area contributed by atoms with Gasteiger partial charge in [-0.05, 0) is 54.1 Å². The van der Waals surface area contributed by atoms with Crippen LogP contribution < -0.4 is 15.4 Å². The number of para-hydroxylation sites is 1. The largest absolute Gasteiger partial charge is 0.340 e. The molecule has 13 heteroatoms. The van der Waals surface area contributed by atoms with Crippen molar-refractivity contribution in [2.75, 3.05) is 10.0 Å². The lowest BCUT2D eigenvalue weighted by Crippen LogP contribution is -2.45.